The molecule has 2 aliphatic rings. The number of nitrogens with one attached hydrogen (secondary N) is 2. The maximum atomic E-state index is 11.0. The average molecular weight is 168 g/mol. The lowest BCUT2D eigenvalue weighted by molar-refractivity contribution is -0.119. The maximum absolute atomic E-state index is 11.0. The fraction of sp³-hybridized carbons (Fsp3) is 0.889. The van der Waals surface area contributed by atoms with E-state index in [0.29, 0.717) is 5.92 Å². The van der Waals surface area contributed by atoms with Crippen LogP contribution in [-0.4, -0.2) is 25.5 Å². The van der Waals surface area contributed by atoms with E-state index in [0.717, 1.165) is 32.0 Å². The van der Waals surface area contributed by atoms with Gasteiger partial charge in [0.1, 0.15) is 0 Å². The highest BCUT2D eigenvalue weighted by atomic mass is 16.1. The summed E-state index contributed by atoms with van der Waals surface area (Å²) >= 11 is 0. The number of rotatable bonds is 1. The first-order chi connectivity index (χ1) is 5.86. The highest BCUT2D eigenvalue weighted by Crippen LogP contribution is 2.24. The van der Waals surface area contributed by atoms with Crippen molar-refractivity contribution in [1.29, 1.82) is 0 Å². The molecule has 2 fully saturated rings. The molecule has 1 amide bonds. The zero-order valence-electron chi connectivity index (χ0n) is 7.31. The van der Waals surface area contributed by atoms with Gasteiger partial charge in [-0.15, -0.1) is 0 Å². The number of carbonyl (C=O) groups is 1. The first kappa shape index (κ1) is 8.05. The molecule has 2 rings (SSSR count). The van der Waals surface area contributed by atoms with Crippen molar-refractivity contribution in [3.8, 4) is 0 Å². The molecule has 0 aromatic carbocycles. The van der Waals surface area contributed by atoms with Gasteiger partial charge in [0.05, 0.1) is 0 Å². The van der Waals surface area contributed by atoms with E-state index < -0.39 is 0 Å². The van der Waals surface area contributed by atoms with Crippen LogP contribution in [0.15, 0.2) is 0 Å². The predicted molar refractivity (Wildman–Crippen MR) is 46.7 cm³/mol. The van der Waals surface area contributed by atoms with Gasteiger partial charge in [-0.25, -0.2) is 0 Å². The summed E-state index contributed by atoms with van der Waals surface area (Å²) in [5.41, 5.74) is 0. The second kappa shape index (κ2) is 3.44. The van der Waals surface area contributed by atoms with Gasteiger partial charge >= 0.3 is 0 Å². The van der Waals surface area contributed by atoms with Gasteiger partial charge in [0, 0.05) is 13.0 Å². The van der Waals surface area contributed by atoms with Crippen LogP contribution in [-0.2, 0) is 4.79 Å². The summed E-state index contributed by atoms with van der Waals surface area (Å²) in [6.45, 7) is 3.18. The number of hydrogen-bond acceptors (Lipinski definition) is 2. The van der Waals surface area contributed by atoms with Crippen LogP contribution in [0, 0.1) is 11.8 Å². The second-order valence-corrected chi connectivity index (χ2v) is 3.87. The monoisotopic (exact) mass is 168 g/mol. The van der Waals surface area contributed by atoms with E-state index in [1.54, 1.807) is 0 Å². The van der Waals surface area contributed by atoms with Crippen LogP contribution in [0.2, 0.25) is 0 Å². The standard InChI is InChI=1S/C9H16N2O/c12-9-4-8(6-11-9)7-2-1-3-10-5-7/h7-8,10H,1-6H2,(H,11,12)/t7-,8-/m1/s1. The molecule has 0 aliphatic carbocycles. The van der Waals surface area contributed by atoms with Gasteiger partial charge in [0.25, 0.3) is 0 Å². The van der Waals surface area contributed by atoms with Crippen LogP contribution >= 0.6 is 0 Å². The van der Waals surface area contributed by atoms with Crippen LogP contribution in [0.4, 0.5) is 0 Å². The Morgan fingerprint density at radius 3 is 2.75 bits per heavy atom. The van der Waals surface area contributed by atoms with Crippen molar-refractivity contribution in [1.82, 2.24) is 10.6 Å². The van der Waals surface area contributed by atoms with Gasteiger partial charge in [0.2, 0.25) is 5.91 Å². The molecule has 2 N–H and O–H groups in total. The van der Waals surface area contributed by atoms with E-state index in [1.807, 2.05) is 0 Å². The van der Waals surface area contributed by atoms with Gasteiger partial charge in [-0.05, 0) is 37.8 Å². The van der Waals surface area contributed by atoms with Crippen LogP contribution in [0.25, 0.3) is 0 Å². The Labute approximate surface area is 72.9 Å². The van der Waals surface area contributed by atoms with Crippen LogP contribution in [0.5, 0.6) is 0 Å². The Hall–Kier alpha value is -0.570. The van der Waals surface area contributed by atoms with E-state index in [1.165, 1.54) is 12.8 Å². The molecular weight excluding hydrogens is 152 g/mol. The van der Waals surface area contributed by atoms with Crippen molar-refractivity contribution in [3.05, 3.63) is 0 Å². The summed E-state index contributed by atoms with van der Waals surface area (Å²) < 4.78 is 0. The third-order valence-electron chi connectivity index (χ3n) is 3.01. The third-order valence-corrected chi connectivity index (χ3v) is 3.01. The zero-order valence-corrected chi connectivity index (χ0v) is 7.31. The Bertz CT molecular complexity index is 175. The van der Waals surface area contributed by atoms with E-state index in [2.05, 4.69) is 10.6 Å². The Morgan fingerprint density at radius 2 is 2.17 bits per heavy atom. The predicted octanol–water partition coefficient (Wildman–Crippen LogP) is 0.122. The number of amides is 1. The topological polar surface area (TPSA) is 41.1 Å². The normalized spacial score (nSPS) is 36.5. The van der Waals surface area contributed by atoms with Crippen molar-refractivity contribution >= 4 is 5.91 Å². The van der Waals surface area contributed by atoms with Gasteiger partial charge in [0.15, 0.2) is 0 Å². The lowest BCUT2D eigenvalue weighted by Crippen LogP contribution is -2.34. The van der Waals surface area contributed by atoms with Crippen LogP contribution in [0.3, 0.4) is 0 Å². The minimum absolute atomic E-state index is 0.241. The molecule has 3 heteroatoms. The number of carbonyl (C=O) groups excluding carboxylic acids is 1. The highest BCUT2D eigenvalue weighted by Gasteiger charge is 2.29. The molecule has 2 heterocycles. The van der Waals surface area contributed by atoms with Gasteiger partial charge < -0.3 is 10.6 Å². The summed E-state index contributed by atoms with van der Waals surface area (Å²) in [4.78, 5) is 11.0. The minimum atomic E-state index is 0.241. The largest absolute Gasteiger partial charge is 0.356 e. The lowest BCUT2D eigenvalue weighted by Gasteiger charge is -2.26. The summed E-state index contributed by atoms with van der Waals surface area (Å²) in [5, 5.41) is 6.29. The fourth-order valence-electron chi connectivity index (χ4n) is 2.24. The van der Waals surface area contributed by atoms with E-state index in [9.17, 15) is 4.79 Å². The average Bonchev–Trinajstić information content (AvgIpc) is 2.54. The summed E-state index contributed by atoms with van der Waals surface area (Å²) in [7, 11) is 0. The van der Waals surface area contributed by atoms with E-state index in [-0.39, 0.29) is 5.91 Å². The highest BCUT2D eigenvalue weighted by molar-refractivity contribution is 5.78. The maximum Gasteiger partial charge on any atom is 0.220 e. The molecule has 0 radical (unpaired) electrons. The quantitative estimate of drug-likeness (QED) is 0.584. The molecule has 12 heavy (non-hydrogen) atoms. The van der Waals surface area contributed by atoms with Crippen molar-refractivity contribution in [2.45, 2.75) is 19.3 Å². The van der Waals surface area contributed by atoms with Crippen molar-refractivity contribution in [3.63, 3.8) is 0 Å². The van der Waals surface area contributed by atoms with Crippen molar-refractivity contribution < 1.29 is 4.79 Å². The molecule has 0 bridgehead atoms. The Kier molecular flexibility index (Phi) is 2.30. The van der Waals surface area contributed by atoms with Gasteiger partial charge in [-0.3, -0.25) is 4.79 Å². The Morgan fingerprint density at radius 1 is 1.25 bits per heavy atom. The first-order valence-electron chi connectivity index (χ1n) is 4.83. The number of piperidine rings is 1. The smallest absolute Gasteiger partial charge is 0.220 e. The fourth-order valence-corrected chi connectivity index (χ4v) is 2.24. The summed E-state index contributed by atoms with van der Waals surface area (Å²) in [6, 6.07) is 0. The van der Waals surface area contributed by atoms with Crippen molar-refractivity contribution in [2.75, 3.05) is 19.6 Å². The molecule has 0 spiro atoms. The van der Waals surface area contributed by atoms with Gasteiger partial charge in [-0.2, -0.15) is 0 Å². The minimum Gasteiger partial charge on any atom is -0.356 e. The molecule has 0 saturated carbocycles. The first-order valence-corrected chi connectivity index (χ1v) is 4.83. The van der Waals surface area contributed by atoms with E-state index >= 15 is 0 Å². The molecular formula is C9H16N2O. The molecule has 2 atom stereocenters. The van der Waals surface area contributed by atoms with Crippen molar-refractivity contribution in [2.24, 2.45) is 11.8 Å². The molecule has 2 aliphatic heterocycles. The van der Waals surface area contributed by atoms with Gasteiger partial charge in [-0.1, -0.05) is 0 Å². The lowest BCUT2D eigenvalue weighted by atomic mass is 9.86. The molecule has 68 valence electrons. The van der Waals surface area contributed by atoms with Crippen LogP contribution < -0.4 is 10.6 Å². The summed E-state index contributed by atoms with van der Waals surface area (Å²) in [5.74, 6) is 1.58. The molecule has 2 saturated heterocycles. The SMILES string of the molecule is O=C1C[C@@H]([C@@H]2CCCNC2)CN1. The zero-order chi connectivity index (χ0) is 8.39. The third kappa shape index (κ3) is 1.61. The number of hydrogen-bond donors (Lipinski definition) is 2. The summed E-state index contributed by atoms with van der Waals surface area (Å²) in [6.07, 6.45) is 3.33. The molecule has 0 aromatic heterocycles. The Balaban J connectivity index is 1.86. The van der Waals surface area contributed by atoms with E-state index in [4.69, 9.17) is 0 Å². The van der Waals surface area contributed by atoms with Crippen LogP contribution in [0.1, 0.15) is 19.3 Å². The molecule has 0 aromatic rings. The second-order valence-electron chi connectivity index (χ2n) is 3.87. The molecule has 3 nitrogen and oxygen atoms in total. The molecule has 0 unspecified atom stereocenters.